The van der Waals surface area contributed by atoms with Gasteiger partial charge in [-0.15, -0.1) is 0 Å². The number of rotatable bonds is 6. The molecule has 0 radical (unpaired) electrons. The third-order valence-corrected chi connectivity index (χ3v) is 3.28. The number of benzene rings is 1. The number of thiol groups is 1. The molecule has 2 atom stereocenters. The van der Waals surface area contributed by atoms with Crippen LogP contribution in [0.3, 0.4) is 0 Å². The molecule has 0 bridgehead atoms. The van der Waals surface area contributed by atoms with Crippen LogP contribution in [0.25, 0.3) is 0 Å². The van der Waals surface area contributed by atoms with Gasteiger partial charge in [-0.25, -0.2) is 8.42 Å². The number of carbonyl (C=O) groups excluding carboxylic acids is 1. The molecule has 1 aromatic carbocycles. The maximum Gasteiger partial charge on any atom is 0.313 e. The molecule has 1 aromatic rings. The van der Waals surface area contributed by atoms with E-state index in [0.29, 0.717) is 0 Å². The second kappa shape index (κ2) is 7.10. The summed E-state index contributed by atoms with van der Waals surface area (Å²) in [4.78, 5) is 11.6. The normalized spacial score (nSPS) is 14.2. The van der Waals surface area contributed by atoms with Gasteiger partial charge in [0.1, 0.15) is 12.0 Å². The summed E-state index contributed by atoms with van der Waals surface area (Å²) in [7, 11) is -2.91. The number of carbonyl (C=O) groups is 1. The molecule has 6 nitrogen and oxygen atoms in total. The smallest absolute Gasteiger partial charge is 0.313 e. The average Bonchev–Trinajstić information content (AvgIpc) is 2.38. The summed E-state index contributed by atoms with van der Waals surface area (Å²) in [5.41, 5.74) is 11.5. The van der Waals surface area contributed by atoms with Crippen LogP contribution in [-0.4, -0.2) is 26.3 Å². The van der Waals surface area contributed by atoms with E-state index in [1.807, 2.05) is 18.2 Å². The standard InChI is InChI=1S/C11H16N2O4S/c12-6-9(10(13)18(15)16)11(14)17-7-8-4-2-1-3-5-8/h1-5,9-10,18H,6-7,12-13H2. The Morgan fingerprint density at radius 1 is 1.28 bits per heavy atom. The number of esters is 1. The topological polar surface area (TPSA) is 112 Å². The van der Waals surface area contributed by atoms with E-state index in [4.69, 9.17) is 16.2 Å². The molecule has 0 fully saturated rings. The zero-order chi connectivity index (χ0) is 13.5. The van der Waals surface area contributed by atoms with Gasteiger partial charge in [0.15, 0.2) is 10.7 Å². The van der Waals surface area contributed by atoms with Crippen LogP contribution in [0.2, 0.25) is 0 Å². The molecule has 0 amide bonds. The molecule has 0 aliphatic heterocycles. The number of nitrogens with two attached hydrogens (primary N) is 2. The molecular weight excluding hydrogens is 256 g/mol. The fraction of sp³-hybridized carbons (Fsp3) is 0.364. The second-order valence-electron chi connectivity index (χ2n) is 3.71. The first-order valence-corrected chi connectivity index (χ1v) is 6.60. The van der Waals surface area contributed by atoms with Crippen LogP contribution in [0.4, 0.5) is 0 Å². The Kier molecular flexibility index (Phi) is 5.76. The Hall–Kier alpha value is -1.44. The lowest BCUT2D eigenvalue weighted by atomic mass is 10.1. The molecule has 18 heavy (non-hydrogen) atoms. The van der Waals surface area contributed by atoms with Crippen molar-refractivity contribution >= 4 is 16.7 Å². The maximum atomic E-state index is 11.6. The van der Waals surface area contributed by atoms with Crippen LogP contribution in [0.5, 0.6) is 0 Å². The lowest BCUT2D eigenvalue weighted by molar-refractivity contribution is -0.149. The molecule has 0 spiro atoms. The fourth-order valence-electron chi connectivity index (χ4n) is 1.36. The molecule has 1 rings (SSSR count). The van der Waals surface area contributed by atoms with Crippen molar-refractivity contribution in [2.75, 3.05) is 6.54 Å². The highest BCUT2D eigenvalue weighted by Crippen LogP contribution is 2.07. The predicted octanol–water partition coefficient (Wildman–Crippen LogP) is -0.799. The molecule has 0 aliphatic carbocycles. The Morgan fingerprint density at radius 3 is 2.39 bits per heavy atom. The third-order valence-electron chi connectivity index (χ3n) is 2.44. The number of hydrogen-bond donors (Lipinski definition) is 3. The minimum absolute atomic E-state index is 0.0680. The van der Waals surface area contributed by atoms with E-state index in [0.717, 1.165) is 5.56 Å². The molecule has 7 heteroatoms. The summed E-state index contributed by atoms with van der Waals surface area (Å²) in [6, 6.07) is 9.04. The molecule has 0 aliphatic rings. The summed E-state index contributed by atoms with van der Waals surface area (Å²) in [6.45, 7) is -0.101. The molecule has 100 valence electrons. The largest absolute Gasteiger partial charge is 0.460 e. The van der Waals surface area contributed by atoms with Crippen molar-refractivity contribution in [1.82, 2.24) is 0 Å². The molecule has 0 aromatic heterocycles. The predicted molar refractivity (Wildman–Crippen MR) is 67.1 cm³/mol. The van der Waals surface area contributed by atoms with Crippen molar-refractivity contribution < 1.29 is 17.9 Å². The SMILES string of the molecule is NCC(C(=O)OCc1ccccc1)C(N)[SH](=O)=O. The van der Waals surface area contributed by atoms with Gasteiger partial charge in [-0.3, -0.25) is 4.79 Å². The highest BCUT2D eigenvalue weighted by Gasteiger charge is 2.27. The minimum atomic E-state index is -2.91. The van der Waals surface area contributed by atoms with Gasteiger partial charge < -0.3 is 16.2 Å². The van der Waals surface area contributed by atoms with Gasteiger partial charge in [-0.05, 0) is 5.56 Å². The Balaban J connectivity index is 2.58. The Bertz CT molecular complexity index is 453. The van der Waals surface area contributed by atoms with Crippen LogP contribution in [0.1, 0.15) is 5.56 Å². The Morgan fingerprint density at radius 2 is 1.89 bits per heavy atom. The fourth-order valence-corrected chi connectivity index (χ4v) is 1.90. The van der Waals surface area contributed by atoms with Crippen molar-refractivity contribution in [3.05, 3.63) is 35.9 Å². The lowest BCUT2D eigenvalue weighted by Crippen LogP contribution is -2.42. The van der Waals surface area contributed by atoms with E-state index >= 15 is 0 Å². The van der Waals surface area contributed by atoms with Crippen molar-refractivity contribution in [3.8, 4) is 0 Å². The van der Waals surface area contributed by atoms with E-state index in [-0.39, 0.29) is 13.2 Å². The van der Waals surface area contributed by atoms with Gasteiger partial charge in [-0.2, -0.15) is 0 Å². The Labute approximate surface area is 107 Å². The summed E-state index contributed by atoms with van der Waals surface area (Å²) < 4.78 is 26.4. The third kappa shape index (κ3) is 4.10. The van der Waals surface area contributed by atoms with Crippen molar-refractivity contribution in [2.24, 2.45) is 17.4 Å². The maximum absolute atomic E-state index is 11.6. The van der Waals surface area contributed by atoms with E-state index in [1.54, 1.807) is 12.1 Å². The quantitative estimate of drug-likeness (QED) is 0.461. The molecule has 0 saturated carbocycles. The lowest BCUT2D eigenvalue weighted by Gasteiger charge is -2.16. The minimum Gasteiger partial charge on any atom is -0.460 e. The van der Waals surface area contributed by atoms with Gasteiger partial charge in [0.2, 0.25) is 0 Å². The second-order valence-corrected chi connectivity index (χ2v) is 4.88. The average molecular weight is 272 g/mol. The van der Waals surface area contributed by atoms with Gasteiger partial charge >= 0.3 is 5.97 Å². The first-order valence-electron chi connectivity index (χ1n) is 5.36. The van der Waals surface area contributed by atoms with Crippen LogP contribution in [0.15, 0.2) is 30.3 Å². The van der Waals surface area contributed by atoms with Crippen LogP contribution in [-0.2, 0) is 26.8 Å². The zero-order valence-corrected chi connectivity index (χ0v) is 10.6. The number of ether oxygens (including phenoxy) is 1. The summed E-state index contributed by atoms with van der Waals surface area (Å²) in [6.07, 6.45) is 0. The van der Waals surface area contributed by atoms with Crippen molar-refractivity contribution in [1.29, 1.82) is 0 Å². The van der Waals surface area contributed by atoms with E-state index in [9.17, 15) is 13.2 Å². The zero-order valence-electron chi connectivity index (χ0n) is 9.69. The molecule has 0 heterocycles. The van der Waals surface area contributed by atoms with Gasteiger partial charge in [-0.1, -0.05) is 30.3 Å². The number of hydrogen-bond acceptors (Lipinski definition) is 6. The molecular formula is C11H16N2O4S. The van der Waals surface area contributed by atoms with E-state index in [2.05, 4.69) is 0 Å². The van der Waals surface area contributed by atoms with Gasteiger partial charge in [0, 0.05) is 6.54 Å². The molecule has 0 saturated heterocycles. The van der Waals surface area contributed by atoms with Crippen molar-refractivity contribution in [2.45, 2.75) is 12.0 Å². The summed E-state index contributed by atoms with van der Waals surface area (Å²) >= 11 is 0. The van der Waals surface area contributed by atoms with Crippen LogP contribution in [0, 0.1) is 5.92 Å². The van der Waals surface area contributed by atoms with E-state index < -0.39 is 28.0 Å². The first kappa shape index (κ1) is 14.6. The molecule has 4 N–H and O–H groups in total. The monoisotopic (exact) mass is 272 g/mol. The summed E-state index contributed by atoms with van der Waals surface area (Å²) in [5, 5.41) is -1.31. The first-order chi connectivity index (χ1) is 8.56. The van der Waals surface area contributed by atoms with Crippen molar-refractivity contribution in [3.63, 3.8) is 0 Å². The van der Waals surface area contributed by atoms with Gasteiger partial charge in [0.05, 0.1) is 5.92 Å². The highest BCUT2D eigenvalue weighted by atomic mass is 32.2. The van der Waals surface area contributed by atoms with Crippen LogP contribution >= 0.6 is 0 Å². The summed E-state index contributed by atoms with van der Waals surface area (Å²) in [5.74, 6) is -1.73. The molecule has 2 unspecified atom stereocenters. The van der Waals surface area contributed by atoms with Crippen LogP contribution < -0.4 is 11.5 Å². The van der Waals surface area contributed by atoms with E-state index in [1.165, 1.54) is 0 Å². The highest BCUT2D eigenvalue weighted by molar-refractivity contribution is 7.73. The van der Waals surface area contributed by atoms with Gasteiger partial charge in [0.25, 0.3) is 0 Å².